The molecular weight excluding hydrogens is 364 g/mol. The zero-order valence-corrected chi connectivity index (χ0v) is 16.3. The van der Waals surface area contributed by atoms with E-state index < -0.39 is 11.9 Å². The summed E-state index contributed by atoms with van der Waals surface area (Å²) >= 11 is 5.22. The summed E-state index contributed by atoms with van der Waals surface area (Å²) in [4.78, 5) is 0. The van der Waals surface area contributed by atoms with Crippen LogP contribution in [-0.2, 0) is 25.6 Å². The molecule has 0 aromatic heterocycles. The Hall–Kier alpha value is -1.99. The quantitative estimate of drug-likeness (QED) is 0.694. The van der Waals surface area contributed by atoms with Gasteiger partial charge in [-0.15, -0.1) is 0 Å². The van der Waals surface area contributed by atoms with E-state index in [1.54, 1.807) is 0 Å². The maximum Gasteiger partial charge on any atom is 0.358 e. The van der Waals surface area contributed by atoms with Gasteiger partial charge in [-0.05, 0) is 31.5 Å². The average Bonchev–Trinajstić information content (AvgIpc) is 2.65. The highest BCUT2D eigenvalue weighted by Crippen LogP contribution is 2.25. The average molecular weight is 388 g/mol. The van der Waals surface area contributed by atoms with Gasteiger partial charge in [0.05, 0.1) is 19.8 Å². The van der Waals surface area contributed by atoms with Gasteiger partial charge in [-0.2, -0.15) is 0 Å². The molecule has 2 atom stereocenters. The predicted octanol–water partition coefficient (Wildman–Crippen LogP) is 4.10. The summed E-state index contributed by atoms with van der Waals surface area (Å²) in [5.41, 5.74) is 1.10. The standard InChI is InChI=1S/C21H24O5S/c1-21(2)23-15-18(25-20(27)24-17-11-7-4-8-12-17)19(26-21)14-22-13-16-9-5-3-6-10-16/h3-12,18-19H,13-15H2,1-2H3/t18-,19+/m1/s1. The molecule has 0 aliphatic carbocycles. The first-order valence-corrected chi connectivity index (χ1v) is 9.30. The Morgan fingerprint density at radius 3 is 2.44 bits per heavy atom. The molecule has 1 saturated heterocycles. The smallest absolute Gasteiger partial charge is 0.358 e. The Kier molecular flexibility index (Phi) is 6.79. The third-order valence-corrected chi connectivity index (χ3v) is 4.21. The number of thiocarbonyl (C=S) groups is 1. The lowest BCUT2D eigenvalue weighted by atomic mass is 10.1. The van der Waals surface area contributed by atoms with Gasteiger partial charge in [0.2, 0.25) is 0 Å². The monoisotopic (exact) mass is 388 g/mol. The van der Waals surface area contributed by atoms with Crippen molar-refractivity contribution >= 4 is 17.5 Å². The Balaban J connectivity index is 1.55. The number of para-hydroxylation sites is 1. The van der Waals surface area contributed by atoms with Crippen LogP contribution in [0.2, 0.25) is 0 Å². The second-order valence-electron chi connectivity index (χ2n) is 6.69. The van der Waals surface area contributed by atoms with Gasteiger partial charge in [0.15, 0.2) is 11.9 Å². The number of benzene rings is 2. The van der Waals surface area contributed by atoms with Crippen LogP contribution in [0.5, 0.6) is 5.75 Å². The van der Waals surface area contributed by atoms with Crippen LogP contribution in [0.1, 0.15) is 19.4 Å². The van der Waals surface area contributed by atoms with Crippen LogP contribution in [0.3, 0.4) is 0 Å². The maximum atomic E-state index is 5.99. The lowest BCUT2D eigenvalue weighted by Crippen LogP contribution is -2.52. The van der Waals surface area contributed by atoms with Crippen LogP contribution in [0, 0.1) is 0 Å². The first-order valence-electron chi connectivity index (χ1n) is 8.89. The fourth-order valence-electron chi connectivity index (χ4n) is 2.72. The largest absolute Gasteiger partial charge is 0.448 e. The fourth-order valence-corrected chi connectivity index (χ4v) is 2.94. The number of rotatable bonds is 6. The molecule has 144 valence electrons. The molecule has 1 heterocycles. The molecule has 0 radical (unpaired) electrons. The molecule has 1 fully saturated rings. The molecule has 2 aromatic rings. The van der Waals surface area contributed by atoms with Crippen LogP contribution >= 0.6 is 12.2 Å². The summed E-state index contributed by atoms with van der Waals surface area (Å²) < 4.78 is 28.9. The SMILES string of the molecule is CC1(C)OC[C@@H](OC(=S)Oc2ccccc2)[C@H](COCc2ccccc2)O1. The van der Waals surface area contributed by atoms with E-state index in [9.17, 15) is 0 Å². The van der Waals surface area contributed by atoms with E-state index in [0.29, 0.717) is 25.6 Å². The molecule has 0 N–H and O–H groups in total. The number of hydrogen-bond donors (Lipinski definition) is 0. The van der Waals surface area contributed by atoms with Crippen molar-refractivity contribution in [2.24, 2.45) is 0 Å². The van der Waals surface area contributed by atoms with E-state index in [1.165, 1.54) is 0 Å². The van der Waals surface area contributed by atoms with Gasteiger partial charge in [0.25, 0.3) is 0 Å². The van der Waals surface area contributed by atoms with Crippen molar-refractivity contribution in [2.75, 3.05) is 13.2 Å². The summed E-state index contributed by atoms with van der Waals surface area (Å²) in [5, 5.41) is 0.0335. The van der Waals surface area contributed by atoms with E-state index in [2.05, 4.69) is 0 Å². The predicted molar refractivity (Wildman–Crippen MR) is 106 cm³/mol. The van der Waals surface area contributed by atoms with Crippen LogP contribution in [0.15, 0.2) is 60.7 Å². The molecule has 0 unspecified atom stereocenters. The zero-order valence-electron chi connectivity index (χ0n) is 15.5. The first kappa shape index (κ1) is 19.8. The van der Waals surface area contributed by atoms with Crippen molar-refractivity contribution in [1.82, 2.24) is 0 Å². The molecule has 0 bridgehead atoms. The van der Waals surface area contributed by atoms with Crippen LogP contribution in [-0.4, -0.2) is 36.4 Å². The molecule has 5 nitrogen and oxygen atoms in total. The molecule has 0 amide bonds. The molecule has 6 heteroatoms. The third-order valence-electron chi connectivity index (χ3n) is 4.03. The molecule has 3 rings (SSSR count). The van der Waals surface area contributed by atoms with Gasteiger partial charge in [0, 0.05) is 12.2 Å². The van der Waals surface area contributed by atoms with E-state index in [4.69, 9.17) is 35.9 Å². The lowest BCUT2D eigenvalue weighted by Gasteiger charge is -2.40. The van der Waals surface area contributed by atoms with E-state index in [1.807, 2.05) is 74.5 Å². The van der Waals surface area contributed by atoms with Crippen molar-refractivity contribution < 1.29 is 23.7 Å². The normalized spacial score (nSPS) is 21.4. The zero-order chi connectivity index (χ0) is 19.1. The van der Waals surface area contributed by atoms with Gasteiger partial charge in [0.1, 0.15) is 11.9 Å². The van der Waals surface area contributed by atoms with Crippen molar-refractivity contribution in [3.63, 3.8) is 0 Å². The molecule has 0 saturated carbocycles. The van der Waals surface area contributed by atoms with Crippen LogP contribution in [0.4, 0.5) is 0 Å². The molecule has 1 aliphatic rings. The number of ether oxygens (including phenoxy) is 5. The summed E-state index contributed by atoms with van der Waals surface area (Å²) in [6, 6.07) is 19.3. The summed E-state index contributed by atoms with van der Waals surface area (Å²) in [7, 11) is 0. The van der Waals surface area contributed by atoms with Crippen molar-refractivity contribution in [2.45, 2.75) is 38.4 Å². The Bertz CT molecular complexity index is 720. The van der Waals surface area contributed by atoms with Crippen molar-refractivity contribution in [1.29, 1.82) is 0 Å². The topological polar surface area (TPSA) is 46.2 Å². The minimum atomic E-state index is -0.706. The van der Waals surface area contributed by atoms with Gasteiger partial charge in [-0.1, -0.05) is 48.5 Å². The number of hydrogen-bond acceptors (Lipinski definition) is 6. The van der Waals surface area contributed by atoms with Crippen LogP contribution < -0.4 is 4.74 Å². The minimum Gasteiger partial charge on any atom is -0.448 e. The highest BCUT2D eigenvalue weighted by Gasteiger charge is 2.38. The highest BCUT2D eigenvalue weighted by molar-refractivity contribution is 7.79. The second kappa shape index (κ2) is 9.28. The first-order chi connectivity index (χ1) is 13.0. The van der Waals surface area contributed by atoms with Crippen molar-refractivity contribution in [3.05, 3.63) is 66.2 Å². The fraction of sp³-hybridized carbons (Fsp3) is 0.381. The Labute approximate surface area is 165 Å². The van der Waals surface area contributed by atoms with Gasteiger partial charge < -0.3 is 23.7 Å². The molecule has 2 aromatic carbocycles. The lowest BCUT2D eigenvalue weighted by molar-refractivity contribution is -0.309. The molecular formula is C21H24O5S. The van der Waals surface area contributed by atoms with E-state index in [0.717, 1.165) is 5.56 Å². The van der Waals surface area contributed by atoms with Gasteiger partial charge in [-0.3, -0.25) is 0 Å². The molecule has 0 spiro atoms. The van der Waals surface area contributed by atoms with Crippen molar-refractivity contribution in [3.8, 4) is 5.75 Å². The Morgan fingerprint density at radius 2 is 1.74 bits per heavy atom. The highest BCUT2D eigenvalue weighted by atomic mass is 32.1. The van der Waals surface area contributed by atoms with Crippen LogP contribution in [0.25, 0.3) is 0 Å². The summed E-state index contributed by atoms with van der Waals surface area (Å²) in [5.74, 6) is -0.0833. The summed E-state index contributed by atoms with van der Waals surface area (Å²) in [6.07, 6.45) is -0.736. The molecule has 1 aliphatic heterocycles. The Morgan fingerprint density at radius 1 is 1.07 bits per heavy atom. The maximum absolute atomic E-state index is 5.99. The van der Waals surface area contributed by atoms with Gasteiger partial charge in [-0.25, -0.2) is 0 Å². The van der Waals surface area contributed by atoms with E-state index >= 15 is 0 Å². The summed E-state index contributed by atoms with van der Waals surface area (Å²) in [6.45, 7) is 4.93. The van der Waals surface area contributed by atoms with E-state index in [-0.39, 0.29) is 11.3 Å². The third kappa shape index (κ3) is 6.29. The van der Waals surface area contributed by atoms with Gasteiger partial charge >= 0.3 is 5.24 Å². The molecule has 27 heavy (non-hydrogen) atoms. The minimum absolute atomic E-state index is 0.0335. The second-order valence-corrected chi connectivity index (χ2v) is 7.02.